The Morgan fingerprint density at radius 3 is 2.66 bits per heavy atom. The molecule has 188 valence electrons. The number of para-hydroxylation sites is 2. The predicted octanol–water partition coefficient (Wildman–Crippen LogP) is 3.11. The SMILES string of the molecule is CCOc1ccc(S(=O)(=O)N2CCC[C@H](C(=O)N3C[C@H](C(=O)OC)Oc4ccccc43)C2)cc1Cl. The molecule has 2 aromatic carbocycles. The van der Waals surface area contributed by atoms with E-state index in [1.165, 1.54) is 34.5 Å². The van der Waals surface area contributed by atoms with Crippen LogP contribution in [-0.2, 0) is 24.3 Å². The van der Waals surface area contributed by atoms with Crippen molar-refractivity contribution in [1.82, 2.24) is 4.31 Å². The number of fused-ring (bicyclic) bond motifs is 1. The van der Waals surface area contributed by atoms with Crippen molar-refractivity contribution in [2.45, 2.75) is 30.8 Å². The molecule has 35 heavy (non-hydrogen) atoms. The third-order valence-electron chi connectivity index (χ3n) is 6.08. The smallest absolute Gasteiger partial charge is 0.348 e. The van der Waals surface area contributed by atoms with Gasteiger partial charge in [0.25, 0.3) is 0 Å². The molecule has 0 saturated carbocycles. The number of methoxy groups -OCH3 is 1. The first-order valence-corrected chi connectivity index (χ1v) is 13.2. The minimum atomic E-state index is -3.88. The Morgan fingerprint density at radius 2 is 1.94 bits per heavy atom. The first-order valence-electron chi connectivity index (χ1n) is 11.3. The van der Waals surface area contributed by atoms with Gasteiger partial charge in [0.1, 0.15) is 11.5 Å². The fourth-order valence-electron chi connectivity index (χ4n) is 4.34. The lowest BCUT2D eigenvalue weighted by atomic mass is 9.97. The summed E-state index contributed by atoms with van der Waals surface area (Å²) in [6, 6.07) is 11.3. The van der Waals surface area contributed by atoms with Crippen molar-refractivity contribution in [2.24, 2.45) is 5.92 Å². The number of carbonyl (C=O) groups excluding carboxylic acids is 2. The monoisotopic (exact) mass is 522 g/mol. The van der Waals surface area contributed by atoms with Crippen molar-refractivity contribution in [3.8, 4) is 11.5 Å². The summed E-state index contributed by atoms with van der Waals surface area (Å²) in [6.07, 6.45) is 0.0812. The maximum Gasteiger partial charge on any atom is 0.348 e. The van der Waals surface area contributed by atoms with E-state index in [1.54, 1.807) is 24.3 Å². The summed E-state index contributed by atoms with van der Waals surface area (Å²) in [6.45, 7) is 2.52. The molecule has 2 heterocycles. The number of amides is 1. The fraction of sp³-hybridized carbons (Fsp3) is 0.417. The minimum absolute atomic E-state index is 0.0136. The first kappa shape index (κ1) is 25.3. The number of halogens is 1. The average Bonchev–Trinajstić information content (AvgIpc) is 2.88. The summed E-state index contributed by atoms with van der Waals surface area (Å²) in [4.78, 5) is 27.3. The van der Waals surface area contributed by atoms with Crippen LogP contribution >= 0.6 is 11.6 Å². The molecule has 1 amide bonds. The Morgan fingerprint density at radius 1 is 1.17 bits per heavy atom. The van der Waals surface area contributed by atoms with Crippen LogP contribution < -0.4 is 14.4 Å². The van der Waals surface area contributed by atoms with Gasteiger partial charge in [0, 0.05) is 13.1 Å². The van der Waals surface area contributed by atoms with E-state index in [-0.39, 0.29) is 28.9 Å². The van der Waals surface area contributed by atoms with Crippen molar-refractivity contribution in [3.63, 3.8) is 0 Å². The van der Waals surface area contributed by atoms with Crippen LogP contribution in [0.2, 0.25) is 5.02 Å². The van der Waals surface area contributed by atoms with E-state index in [2.05, 4.69) is 0 Å². The molecule has 2 aliphatic rings. The lowest BCUT2D eigenvalue weighted by Gasteiger charge is -2.38. The highest BCUT2D eigenvalue weighted by atomic mass is 35.5. The number of piperidine rings is 1. The highest BCUT2D eigenvalue weighted by Gasteiger charge is 2.40. The van der Waals surface area contributed by atoms with E-state index in [0.29, 0.717) is 43.2 Å². The Balaban J connectivity index is 1.56. The average molecular weight is 523 g/mol. The number of esters is 1. The second-order valence-electron chi connectivity index (χ2n) is 8.27. The van der Waals surface area contributed by atoms with Crippen LogP contribution in [-0.4, -0.2) is 64.1 Å². The number of sulfonamides is 1. The second kappa shape index (κ2) is 10.4. The molecule has 0 radical (unpaired) electrons. The number of ether oxygens (including phenoxy) is 3. The lowest BCUT2D eigenvalue weighted by Crippen LogP contribution is -2.52. The van der Waals surface area contributed by atoms with Gasteiger partial charge in [-0.1, -0.05) is 23.7 Å². The normalized spacial score (nSPS) is 20.5. The number of nitrogens with zero attached hydrogens (tertiary/aromatic N) is 2. The van der Waals surface area contributed by atoms with Crippen LogP contribution in [0.4, 0.5) is 5.69 Å². The fourth-order valence-corrected chi connectivity index (χ4v) is 6.19. The van der Waals surface area contributed by atoms with Crippen molar-refractivity contribution in [2.75, 3.05) is 38.3 Å². The summed E-state index contributed by atoms with van der Waals surface area (Å²) >= 11 is 6.21. The van der Waals surface area contributed by atoms with Gasteiger partial charge in [0.05, 0.1) is 41.8 Å². The molecule has 0 aromatic heterocycles. The number of hydrogen-bond acceptors (Lipinski definition) is 7. The van der Waals surface area contributed by atoms with Crippen molar-refractivity contribution >= 4 is 39.2 Å². The zero-order valence-corrected chi connectivity index (χ0v) is 21.0. The third kappa shape index (κ3) is 5.10. The number of benzene rings is 2. The molecule has 2 aromatic rings. The Hall–Kier alpha value is -2.82. The zero-order valence-electron chi connectivity index (χ0n) is 19.5. The molecule has 1 fully saturated rings. The van der Waals surface area contributed by atoms with Gasteiger partial charge >= 0.3 is 5.97 Å². The highest BCUT2D eigenvalue weighted by Crippen LogP contribution is 2.36. The van der Waals surface area contributed by atoms with Gasteiger partial charge in [0.15, 0.2) is 0 Å². The van der Waals surface area contributed by atoms with Crippen LogP contribution in [0, 0.1) is 5.92 Å². The Labute approximate surface area is 209 Å². The Bertz CT molecular complexity index is 1220. The van der Waals surface area contributed by atoms with Crippen LogP contribution in [0.25, 0.3) is 0 Å². The van der Waals surface area contributed by atoms with Crippen LogP contribution in [0.5, 0.6) is 11.5 Å². The molecular weight excluding hydrogens is 496 g/mol. The second-order valence-corrected chi connectivity index (χ2v) is 10.6. The van der Waals surface area contributed by atoms with Gasteiger partial charge in [-0.2, -0.15) is 4.31 Å². The van der Waals surface area contributed by atoms with E-state index in [0.717, 1.165) is 0 Å². The molecule has 0 unspecified atom stereocenters. The zero-order chi connectivity index (χ0) is 25.2. The predicted molar refractivity (Wildman–Crippen MR) is 129 cm³/mol. The quantitative estimate of drug-likeness (QED) is 0.537. The number of hydrogen-bond donors (Lipinski definition) is 0. The minimum Gasteiger partial charge on any atom is -0.492 e. The van der Waals surface area contributed by atoms with Gasteiger partial charge in [0.2, 0.25) is 22.0 Å². The molecule has 1 saturated heterocycles. The summed E-state index contributed by atoms with van der Waals surface area (Å²) in [5, 5.41) is 0.205. The van der Waals surface area contributed by atoms with Gasteiger partial charge in [-0.3, -0.25) is 4.79 Å². The van der Waals surface area contributed by atoms with E-state index in [1.807, 2.05) is 6.92 Å². The summed E-state index contributed by atoms with van der Waals surface area (Å²) < 4.78 is 44.0. The third-order valence-corrected chi connectivity index (χ3v) is 8.23. The number of carbonyl (C=O) groups is 2. The molecule has 2 aliphatic heterocycles. The molecule has 0 bridgehead atoms. The molecule has 0 aliphatic carbocycles. The van der Waals surface area contributed by atoms with E-state index < -0.39 is 28.0 Å². The molecule has 4 rings (SSSR count). The molecule has 9 nitrogen and oxygen atoms in total. The maximum atomic E-state index is 13.6. The van der Waals surface area contributed by atoms with E-state index in [4.69, 9.17) is 25.8 Å². The van der Waals surface area contributed by atoms with Crippen LogP contribution in [0.1, 0.15) is 19.8 Å². The van der Waals surface area contributed by atoms with Gasteiger partial charge in [-0.15, -0.1) is 0 Å². The molecule has 0 N–H and O–H groups in total. The highest BCUT2D eigenvalue weighted by molar-refractivity contribution is 7.89. The van der Waals surface area contributed by atoms with E-state index >= 15 is 0 Å². The van der Waals surface area contributed by atoms with Gasteiger partial charge in [-0.25, -0.2) is 13.2 Å². The summed E-state index contributed by atoms with van der Waals surface area (Å²) in [7, 11) is -2.62. The van der Waals surface area contributed by atoms with Gasteiger partial charge in [-0.05, 0) is 50.1 Å². The van der Waals surface area contributed by atoms with Gasteiger partial charge < -0.3 is 19.1 Å². The maximum absolute atomic E-state index is 13.6. The lowest BCUT2D eigenvalue weighted by molar-refractivity contribution is -0.148. The summed E-state index contributed by atoms with van der Waals surface area (Å²) in [5.74, 6) is -0.629. The van der Waals surface area contributed by atoms with Crippen molar-refractivity contribution in [1.29, 1.82) is 0 Å². The van der Waals surface area contributed by atoms with E-state index in [9.17, 15) is 18.0 Å². The topological polar surface area (TPSA) is 102 Å². The van der Waals surface area contributed by atoms with Crippen LogP contribution in [0.15, 0.2) is 47.4 Å². The van der Waals surface area contributed by atoms with Crippen molar-refractivity contribution < 1.29 is 32.2 Å². The first-order chi connectivity index (χ1) is 16.8. The molecular formula is C24H27ClN2O7S. The molecule has 11 heteroatoms. The Kier molecular flexibility index (Phi) is 7.53. The largest absolute Gasteiger partial charge is 0.492 e. The number of rotatable bonds is 6. The van der Waals surface area contributed by atoms with Crippen molar-refractivity contribution in [3.05, 3.63) is 47.5 Å². The standard InChI is InChI=1S/C24H27ClN2O7S/c1-3-33-20-11-10-17(13-18(20)25)35(30,31)26-12-6-7-16(14-26)23(28)27-15-22(24(29)32-2)34-21-9-5-4-8-19(21)27/h4-5,8-11,13,16,22H,3,6-7,12,14-15H2,1-2H3/t16-,22+/m0/s1. The summed E-state index contributed by atoms with van der Waals surface area (Å²) in [5.41, 5.74) is 0.538. The number of anilines is 1. The molecule has 2 atom stereocenters. The molecule has 0 spiro atoms. The van der Waals surface area contributed by atoms with Crippen LogP contribution in [0.3, 0.4) is 0 Å².